The zero-order valence-corrected chi connectivity index (χ0v) is 8.90. The Morgan fingerprint density at radius 2 is 1.92 bits per heavy atom. The van der Waals surface area contributed by atoms with Crippen molar-refractivity contribution in [3.05, 3.63) is 0 Å². The van der Waals surface area contributed by atoms with Gasteiger partial charge in [-0.3, -0.25) is 0 Å². The van der Waals surface area contributed by atoms with Crippen LogP contribution in [0.5, 0.6) is 0 Å². The van der Waals surface area contributed by atoms with Crippen LogP contribution in [-0.4, -0.2) is 37.7 Å². The first kappa shape index (κ1) is 12.5. The van der Waals surface area contributed by atoms with Crippen LogP contribution in [0.15, 0.2) is 0 Å². The highest BCUT2D eigenvalue weighted by molar-refractivity contribution is 6.18. The minimum absolute atomic E-state index is 0.159. The molecule has 0 aromatic rings. The molecule has 12 heavy (non-hydrogen) atoms. The normalized spacial score (nSPS) is 13.2. The Morgan fingerprint density at radius 3 is 2.42 bits per heavy atom. The lowest BCUT2D eigenvalue weighted by Crippen LogP contribution is -2.17. The maximum atomic E-state index is 5.62. The fourth-order valence-electron chi connectivity index (χ4n) is 0.702. The van der Waals surface area contributed by atoms with Gasteiger partial charge in [0.05, 0.1) is 25.9 Å². The molecule has 0 N–H and O–H groups in total. The fourth-order valence-corrected chi connectivity index (χ4v) is 1.12. The van der Waals surface area contributed by atoms with Crippen molar-refractivity contribution in [3.63, 3.8) is 0 Å². The molecule has 0 aliphatic carbocycles. The summed E-state index contributed by atoms with van der Waals surface area (Å²) in [5.74, 6) is 1.08. The second kappa shape index (κ2) is 9.59. The van der Waals surface area contributed by atoms with E-state index in [-0.39, 0.29) is 6.10 Å². The molecular weight excluding hydrogens is 199 g/mol. The molecule has 0 radical (unpaired) electrons. The van der Waals surface area contributed by atoms with Crippen LogP contribution in [-0.2, 0) is 9.47 Å². The Kier molecular flexibility index (Phi) is 9.99. The van der Waals surface area contributed by atoms with Crippen LogP contribution in [0.2, 0.25) is 0 Å². The third-order valence-corrected chi connectivity index (χ3v) is 1.93. The summed E-state index contributed by atoms with van der Waals surface area (Å²) >= 11 is 11.0. The molecule has 0 fully saturated rings. The molecule has 0 saturated heterocycles. The van der Waals surface area contributed by atoms with Gasteiger partial charge in [-0.1, -0.05) is 6.92 Å². The van der Waals surface area contributed by atoms with Gasteiger partial charge >= 0.3 is 0 Å². The number of rotatable bonds is 8. The number of ether oxygens (including phenoxy) is 2. The van der Waals surface area contributed by atoms with Crippen molar-refractivity contribution in [3.8, 4) is 0 Å². The highest BCUT2D eigenvalue weighted by Crippen LogP contribution is 1.99. The van der Waals surface area contributed by atoms with Gasteiger partial charge in [0.1, 0.15) is 0 Å². The summed E-state index contributed by atoms with van der Waals surface area (Å²) in [7, 11) is 0. The Morgan fingerprint density at radius 1 is 1.17 bits per heavy atom. The molecule has 0 spiro atoms. The van der Waals surface area contributed by atoms with E-state index in [2.05, 4.69) is 0 Å². The van der Waals surface area contributed by atoms with Crippen molar-refractivity contribution >= 4 is 23.2 Å². The van der Waals surface area contributed by atoms with E-state index in [9.17, 15) is 0 Å². The van der Waals surface area contributed by atoms with Gasteiger partial charge in [0.15, 0.2) is 0 Å². The van der Waals surface area contributed by atoms with Crippen LogP contribution in [0.1, 0.15) is 13.3 Å². The number of hydrogen-bond acceptors (Lipinski definition) is 2. The number of halogens is 2. The van der Waals surface area contributed by atoms with Crippen LogP contribution < -0.4 is 0 Å². The third kappa shape index (κ3) is 7.17. The molecule has 1 atom stereocenters. The van der Waals surface area contributed by atoms with Crippen molar-refractivity contribution < 1.29 is 9.47 Å². The van der Waals surface area contributed by atoms with Gasteiger partial charge in [0.25, 0.3) is 0 Å². The van der Waals surface area contributed by atoms with Crippen molar-refractivity contribution in [2.75, 3.05) is 31.6 Å². The van der Waals surface area contributed by atoms with E-state index in [4.69, 9.17) is 32.7 Å². The summed E-state index contributed by atoms with van der Waals surface area (Å²) in [6.45, 7) is 3.83. The van der Waals surface area contributed by atoms with Crippen molar-refractivity contribution in [1.29, 1.82) is 0 Å². The monoisotopic (exact) mass is 214 g/mol. The standard InChI is InChI=1S/C8H16Cl2O2/c1-2-8(7-10)12-6-5-11-4-3-9/h8H,2-7H2,1H3. The molecular formula is C8H16Cl2O2. The molecule has 1 unspecified atom stereocenters. The maximum Gasteiger partial charge on any atom is 0.0708 e. The second-order valence-corrected chi connectivity index (χ2v) is 3.04. The van der Waals surface area contributed by atoms with Crippen LogP contribution in [0.25, 0.3) is 0 Å². The second-order valence-electron chi connectivity index (χ2n) is 2.36. The molecule has 0 saturated carbocycles. The summed E-state index contributed by atoms with van der Waals surface area (Å²) < 4.78 is 10.5. The minimum atomic E-state index is 0.159. The van der Waals surface area contributed by atoms with Gasteiger partial charge in [-0.05, 0) is 6.42 Å². The first-order chi connectivity index (χ1) is 5.85. The van der Waals surface area contributed by atoms with Gasteiger partial charge in [-0.2, -0.15) is 0 Å². The topological polar surface area (TPSA) is 18.5 Å². The van der Waals surface area contributed by atoms with E-state index >= 15 is 0 Å². The molecule has 2 nitrogen and oxygen atoms in total. The van der Waals surface area contributed by atoms with E-state index in [1.165, 1.54) is 0 Å². The summed E-state index contributed by atoms with van der Waals surface area (Å²) in [5.41, 5.74) is 0. The molecule has 74 valence electrons. The average molecular weight is 215 g/mol. The van der Waals surface area contributed by atoms with E-state index in [1.54, 1.807) is 0 Å². The lowest BCUT2D eigenvalue weighted by atomic mass is 10.3. The maximum absolute atomic E-state index is 5.62. The van der Waals surface area contributed by atoms with Crippen LogP contribution in [0, 0.1) is 0 Å². The van der Waals surface area contributed by atoms with Gasteiger partial charge in [-0.25, -0.2) is 0 Å². The minimum Gasteiger partial charge on any atom is -0.378 e. The summed E-state index contributed by atoms with van der Waals surface area (Å²) in [4.78, 5) is 0. The Balaban J connectivity index is 3.06. The average Bonchev–Trinajstić information content (AvgIpc) is 2.11. The lowest BCUT2D eigenvalue weighted by Gasteiger charge is -2.12. The lowest BCUT2D eigenvalue weighted by molar-refractivity contribution is 0.0161. The van der Waals surface area contributed by atoms with Crippen LogP contribution >= 0.6 is 23.2 Å². The Hall–Kier alpha value is 0.500. The highest BCUT2D eigenvalue weighted by Gasteiger charge is 2.02. The largest absolute Gasteiger partial charge is 0.378 e. The van der Waals surface area contributed by atoms with Gasteiger partial charge in [0, 0.05) is 11.8 Å². The van der Waals surface area contributed by atoms with E-state index in [0.717, 1.165) is 6.42 Å². The molecule has 0 amide bonds. The first-order valence-electron chi connectivity index (χ1n) is 4.16. The highest BCUT2D eigenvalue weighted by atomic mass is 35.5. The van der Waals surface area contributed by atoms with Gasteiger partial charge in [0.2, 0.25) is 0 Å². The smallest absolute Gasteiger partial charge is 0.0708 e. The molecule has 0 bridgehead atoms. The molecule has 0 aromatic heterocycles. The predicted molar refractivity (Wildman–Crippen MR) is 52.3 cm³/mol. The quantitative estimate of drug-likeness (QED) is 0.456. The van der Waals surface area contributed by atoms with E-state index < -0.39 is 0 Å². The third-order valence-electron chi connectivity index (χ3n) is 1.43. The molecule has 0 rings (SSSR count). The van der Waals surface area contributed by atoms with Crippen molar-refractivity contribution in [2.24, 2.45) is 0 Å². The van der Waals surface area contributed by atoms with Crippen LogP contribution in [0.4, 0.5) is 0 Å². The van der Waals surface area contributed by atoms with Crippen LogP contribution in [0.3, 0.4) is 0 Å². The number of hydrogen-bond donors (Lipinski definition) is 0. The first-order valence-corrected chi connectivity index (χ1v) is 5.23. The van der Waals surface area contributed by atoms with Crippen molar-refractivity contribution in [2.45, 2.75) is 19.4 Å². The van der Waals surface area contributed by atoms with Gasteiger partial charge < -0.3 is 9.47 Å². The molecule has 4 heteroatoms. The zero-order valence-electron chi connectivity index (χ0n) is 7.39. The van der Waals surface area contributed by atoms with E-state index in [0.29, 0.717) is 31.6 Å². The van der Waals surface area contributed by atoms with Crippen molar-refractivity contribution in [1.82, 2.24) is 0 Å². The Labute approximate surface area is 84.1 Å². The zero-order chi connectivity index (χ0) is 9.23. The molecule has 0 aromatic carbocycles. The summed E-state index contributed by atoms with van der Waals surface area (Å²) in [6, 6.07) is 0. The SMILES string of the molecule is CCC(CCl)OCCOCCCl. The van der Waals surface area contributed by atoms with E-state index in [1.807, 2.05) is 6.92 Å². The molecule has 0 heterocycles. The number of alkyl halides is 2. The summed E-state index contributed by atoms with van der Waals surface area (Å²) in [5, 5.41) is 0. The fraction of sp³-hybridized carbons (Fsp3) is 1.00. The predicted octanol–water partition coefficient (Wildman–Crippen LogP) is 2.28. The summed E-state index contributed by atoms with van der Waals surface area (Å²) in [6.07, 6.45) is 1.10. The van der Waals surface area contributed by atoms with Gasteiger partial charge in [-0.15, -0.1) is 23.2 Å². The molecule has 0 aliphatic rings. The molecule has 0 aliphatic heterocycles. The Bertz CT molecular complexity index is 87.1.